The van der Waals surface area contributed by atoms with E-state index in [4.69, 9.17) is 17.3 Å². The Kier molecular flexibility index (Phi) is 4.27. The van der Waals surface area contributed by atoms with Crippen LogP contribution in [0.25, 0.3) is 10.8 Å². The number of H-pyrrole nitrogens is 1. The van der Waals surface area contributed by atoms with E-state index in [1.807, 2.05) is 26.8 Å². The van der Waals surface area contributed by atoms with Crippen molar-refractivity contribution in [2.75, 3.05) is 0 Å². The number of fused-ring (bicyclic) bond motifs is 1. The largest absolute Gasteiger partial charge is 0.328 e. The predicted molar refractivity (Wildman–Crippen MR) is 101 cm³/mol. The number of ketones is 1. The molecule has 0 saturated carbocycles. The molecule has 128 valence electrons. The van der Waals surface area contributed by atoms with Gasteiger partial charge >= 0.3 is 0 Å². The minimum absolute atomic E-state index is 0.217. The van der Waals surface area contributed by atoms with E-state index in [0.29, 0.717) is 26.9 Å². The number of benzene rings is 2. The van der Waals surface area contributed by atoms with Crippen molar-refractivity contribution in [1.29, 1.82) is 0 Å². The second-order valence-electron chi connectivity index (χ2n) is 6.77. The first-order chi connectivity index (χ1) is 11.7. The number of aryl methyl sites for hydroxylation is 1. The lowest BCUT2D eigenvalue weighted by atomic mass is 9.91. The Hall–Kier alpha value is -2.43. The van der Waals surface area contributed by atoms with Crippen molar-refractivity contribution in [3.8, 4) is 0 Å². The molecule has 3 rings (SSSR count). The average Bonchev–Trinajstić information content (AvgIpc) is 2.56. The van der Waals surface area contributed by atoms with Gasteiger partial charge in [0.05, 0.1) is 5.02 Å². The van der Waals surface area contributed by atoms with Gasteiger partial charge < -0.3 is 10.7 Å². The van der Waals surface area contributed by atoms with Crippen LogP contribution in [-0.2, 0) is 5.54 Å². The third kappa shape index (κ3) is 3.11. The predicted octanol–water partition coefficient (Wildman–Crippen LogP) is 3.91. The van der Waals surface area contributed by atoms with E-state index in [0.717, 1.165) is 11.1 Å². The number of hydrogen-bond donors (Lipinski definition) is 2. The average molecular weight is 355 g/mol. The summed E-state index contributed by atoms with van der Waals surface area (Å²) >= 11 is 6.36. The van der Waals surface area contributed by atoms with E-state index in [1.165, 1.54) is 0 Å². The van der Waals surface area contributed by atoms with Gasteiger partial charge in [0.15, 0.2) is 5.78 Å². The van der Waals surface area contributed by atoms with Crippen LogP contribution in [-0.4, -0.2) is 10.8 Å². The lowest BCUT2D eigenvalue weighted by molar-refractivity contribution is 0.104. The Morgan fingerprint density at radius 3 is 2.52 bits per heavy atom. The third-order valence-electron chi connectivity index (χ3n) is 4.33. The number of aromatic nitrogens is 1. The maximum Gasteiger partial charge on any atom is 0.255 e. The molecule has 0 unspecified atom stereocenters. The Bertz CT molecular complexity index is 1050. The van der Waals surface area contributed by atoms with Crippen LogP contribution in [0.2, 0.25) is 5.02 Å². The topological polar surface area (TPSA) is 76.0 Å². The first-order valence-electron chi connectivity index (χ1n) is 7.95. The lowest BCUT2D eigenvalue weighted by Crippen LogP contribution is -2.28. The lowest BCUT2D eigenvalue weighted by Gasteiger charge is -2.20. The summed E-state index contributed by atoms with van der Waals surface area (Å²) in [4.78, 5) is 27.8. The van der Waals surface area contributed by atoms with Gasteiger partial charge in [-0.15, -0.1) is 0 Å². The number of carbonyl (C=O) groups excluding carboxylic acids is 1. The molecule has 0 aliphatic carbocycles. The molecule has 0 spiro atoms. The number of rotatable bonds is 3. The quantitative estimate of drug-likeness (QED) is 0.700. The van der Waals surface area contributed by atoms with Crippen molar-refractivity contribution >= 4 is 28.2 Å². The monoisotopic (exact) mass is 354 g/mol. The van der Waals surface area contributed by atoms with Crippen LogP contribution < -0.4 is 11.3 Å². The molecule has 0 radical (unpaired) electrons. The van der Waals surface area contributed by atoms with E-state index in [2.05, 4.69) is 4.98 Å². The SMILES string of the molecule is Cc1c[nH]c(=O)c2cccc(C(=O)c3ccc(C(C)(C)N)cc3Cl)c12. The zero-order valence-electron chi connectivity index (χ0n) is 14.3. The summed E-state index contributed by atoms with van der Waals surface area (Å²) in [7, 11) is 0. The smallest absolute Gasteiger partial charge is 0.255 e. The van der Waals surface area contributed by atoms with Crippen LogP contribution in [0.5, 0.6) is 0 Å². The molecule has 3 N–H and O–H groups in total. The van der Waals surface area contributed by atoms with Crippen molar-refractivity contribution < 1.29 is 4.79 Å². The Labute approximate surface area is 150 Å². The molecule has 0 atom stereocenters. The molecule has 1 heterocycles. The minimum atomic E-state index is -0.547. The number of pyridine rings is 1. The standard InChI is InChI=1S/C20H19ClN2O2/c1-11-10-23-19(25)15-6-4-5-14(17(11)15)18(24)13-8-7-12(9-16(13)21)20(2,3)22/h4-10H,22H2,1-3H3,(H,23,25). The highest BCUT2D eigenvalue weighted by Gasteiger charge is 2.20. The fraction of sp³-hybridized carbons (Fsp3) is 0.200. The first-order valence-corrected chi connectivity index (χ1v) is 8.32. The van der Waals surface area contributed by atoms with Gasteiger partial charge in [0, 0.05) is 33.6 Å². The molecule has 0 amide bonds. The molecule has 1 aromatic heterocycles. The molecule has 0 aliphatic rings. The molecule has 0 bridgehead atoms. The Morgan fingerprint density at radius 1 is 1.16 bits per heavy atom. The maximum atomic E-state index is 13.1. The highest BCUT2D eigenvalue weighted by molar-refractivity contribution is 6.35. The van der Waals surface area contributed by atoms with E-state index in [-0.39, 0.29) is 11.3 Å². The normalized spacial score (nSPS) is 11.7. The number of nitrogens with two attached hydrogens (primary N) is 1. The van der Waals surface area contributed by atoms with Gasteiger partial charge in [-0.25, -0.2) is 0 Å². The third-order valence-corrected chi connectivity index (χ3v) is 4.64. The van der Waals surface area contributed by atoms with Crippen LogP contribution in [0.15, 0.2) is 47.4 Å². The van der Waals surface area contributed by atoms with Crippen LogP contribution in [0, 0.1) is 6.92 Å². The van der Waals surface area contributed by atoms with Gasteiger partial charge in [-0.1, -0.05) is 29.8 Å². The summed E-state index contributed by atoms with van der Waals surface area (Å²) in [6.45, 7) is 5.61. The molecule has 25 heavy (non-hydrogen) atoms. The molecule has 5 heteroatoms. The molecular weight excluding hydrogens is 336 g/mol. The summed E-state index contributed by atoms with van der Waals surface area (Å²) in [6.07, 6.45) is 1.61. The van der Waals surface area contributed by atoms with Crippen LogP contribution in [0.4, 0.5) is 0 Å². The van der Waals surface area contributed by atoms with Crippen molar-refractivity contribution in [1.82, 2.24) is 4.98 Å². The molecule has 0 aliphatic heterocycles. The van der Waals surface area contributed by atoms with Gasteiger partial charge in [0.25, 0.3) is 5.56 Å². The molecule has 2 aromatic carbocycles. The van der Waals surface area contributed by atoms with Gasteiger partial charge in [0.1, 0.15) is 0 Å². The summed E-state index contributed by atoms with van der Waals surface area (Å²) in [5, 5.41) is 1.48. The van der Waals surface area contributed by atoms with Crippen molar-refractivity contribution in [2.45, 2.75) is 26.3 Å². The van der Waals surface area contributed by atoms with E-state index in [9.17, 15) is 9.59 Å². The zero-order chi connectivity index (χ0) is 18.4. The minimum Gasteiger partial charge on any atom is -0.328 e. The van der Waals surface area contributed by atoms with Crippen LogP contribution in [0.3, 0.4) is 0 Å². The van der Waals surface area contributed by atoms with Crippen molar-refractivity contribution in [3.63, 3.8) is 0 Å². The van der Waals surface area contributed by atoms with Gasteiger partial charge in [-0.3, -0.25) is 9.59 Å². The summed E-state index contributed by atoms with van der Waals surface area (Å²) in [5.41, 5.74) is 7.85. The zero-order valence-corrected chi connectivity index (χ0v) is 15.1. The molecule has 0 fully saturated rings. The first kappa shape index (κ1) is 17.4. The van der Waals surface area contributed by atoms with Crippen LogP contribution in [0.1, 0.15) is 40.9 Å². The highest BCUT2D eigenvalue weighted by atomic mass is 35.5. The summed E-state index contributed by atoms with van der Waals surface area (Å²) in [5.74, 6) is -0.217. The Balaban J connectivity index is 2.19. The number of halogens is 1. The second-order valence-corrected chi connectivity index (χ2v) is 7.18. The van der Waals surface area contributed by atoms with E-state index in [1.54, 1.807) is 36.5 Å². The number of aromatic amines is 1. The van der Waals surface area contributed by atoms with E-state index < -0.39 is 5.54 Å². The van der Waals surface area contributed by atoms with Gasteiger partial charge in [0.2, 0.25) is 0 Å². The van der Waals surface area contributed by atoms with Crippen molar-refractivity contribution in [3.05, 3.63) is 80.2 Å². The highest BCUT2D eigenvalue weighted by Crippen LogP contribution is 2.28. The summed E-state index contributed by atoms with van der Waals surface area (Å²) < 4.78 is 0. The number of nitrogens with one attached hydrogen (secondary N) is 1. The Morgan fingerprint density at radius 2 is 1.88 bits per heavy atom. The van der Waals surface area contributed by atoms with Gasteiger partial charge in [-0.2, -0.15) is 0 Å². The summed E-state index contributed by atoms with van der Waals surface area (Å²) in [6, 6.07) is 10.3. The van der Waals surface area contributed by atoms with Crippen molar-refractivity contribution in [2.24, 2.45) is 5.73 Å². The van der Waals surface area contributed by atoms with Crippen LogP contribution >= 0.6 is 11.6 Å². The van der Waals surface area contributed by atoms with E-state index >= 15 is 0 Å². The molecular formula is C20H19ClN2O2. The number of hydrogen-bond acceptors (Lipinski definition) is 3. The fourth-order valence-electron chi connectivity index (χ4n) is 2.92. The molecule has 0 saturated heterocycles. The fourth-order valence-corrected chi connectivity index (χ4v) is 3.19. The van der Waals surface area contributed by atoms with Gasteiger partial charge in [-0.05, 0) is 50.1 Å². The molecule has 3 aromatic rings. The second kappa shape index (κ2) is 6.14. The number of carbonyl (C=O) groups is 1. The maximum absolute atomic E-state index is 13.1. The molecule has 4 nitrogen and oxygen atoms in total.